The normalized spacial score (nSPS) is 18.8. The Morgan fingerprint density at radius 1 is 1.26 bits per heavy atom. The summed E-state index contributed by atoms with van der Waals surface area (Å²) in [4.78, 5) is 11.0. The van der Waals surface area contributed by atoms with Crippen LogP contribution in [0.4, 0.5) is 5.95 Å². The number of pyridine rings is 1. The fourth-order valence-electron chi connectivity index (χ4n) is 2.89. The molecule has 122 valence electrons. The van der Waals surface area contributed by atoms with Crippen molar-refractivity contribution in [3.05, 3.63) is 23.5 Å². The lowest BCUT2D eigenvalue weighted by molar-refractivity contribution is 0.260. The molecule has 7 nitrogen and oxygen atoms in total. The fraction of sp³-hybridized carbons (Fsp3) is 0.500. The first-order valence-electron chi connectivity index (χ1n) is 7.85. The summed E-state index contributed by atoms with van der Waals surface area (Å²) in [6, 6.07) is 2.00. The molecule has 7 heteroatoms. The van der Waals surface area contributed by atoms with Gasteiger partial charge in [0.25, 0.3) is 0 Å². The minimum absolute atomic E-state index is 0.0961. The van der Waals surface area contributed by atoms with E-state index in [1.807, 2.05) is 13.8 Å². The highest BCUT2D eigenvalue weighted by Gasteiger charge is 2.19. The molecular weight excluding hydrogens is 292 g/mol. The van der Waals surface area contributed by atoms with Gasteiger partial charge in [0, 0.05) is 18.8 Å². The maximum atomic E-state index is 10.0. The van der Waals surface area contributed by atoms with Gasteiger partial charge in [0.15, 0.2) is 0 Å². The second-order valence-corrected chi connectivity index (χ2v) is 6.20. The molecule has 2 aromatic heterocycles. The van der Waals surface area contributed by atoms with Crippen LogP contribution in [-0.4, -0.2) is 56.4 Å². The number of likely N-dealkylation sites (N-methyl/N-ethyl adjacent to an activating group) is 1. The summed E-state index contributed by atoms with van der Waals surface area (Å²) in [5.74, 6) is 0.622. The maximum absolute atomic E-state index is 10.0. The molecule has 3 rings (SSSR count). The zero-order valence-corrected chi connectivity index (χ0v) is 13.7. The molecule has 2 aromatic rings. The summed E-state index contributed by atoms with van der Waals surface area (Å²) in [6.45, 7) is 5.84. The lowest BCUT2D eigenvalue weighted by atomic mass is 10.1. The highest BCUT2D eigenvalue weighted by atomic mass is 16.3. The molecule has 1 atom stereocenters. The number of rotatable bonds is 3. The van der Waals surface area contributed by atoms with Gasteiger partial charge in [-0.15, -0.1) is 10.2 Å². The van der Waals surface area contributed by atoms with Crippen molar-refractivity contribution in [1.82, 2.24) is 25.1 Å². The van der Waals surface area contributed by atoms with Crippen LogP contribution in [0.2, 0.25) is 0 Å². The molecule has 1 fully saturated rings. The maximum Gasteiger partial charge on any atom is 0.243 e. The van der Waals surface area contributed by atoms with Crippen molar-refractivity contribution in [2.45, 2.75) is 32.7 Å². The number of hydrogen-bond acceptors (Lipinski definition) is 7. The first kappa shape index (κ1) is 15.6. The van der Waals surface area contributed by atoms with Gasteiger partial charge in [-0.25, -0.2) is 4.98 Å². The van der Waals surface area contributed by atoms with Crippen molar-refractivity contribution in [3.8, 4) is 17.1 Å². The third-order valence-electron chi connectivity index (χ3n) is 4.05. The minimum atomic E-state index is 0.0961. The standard InChI is InChI=1S/C16H22N6O/c1-10-7-13(23)15(17-8-10)14-11(2)18-16(21-20-14)19-12-5-4-6-22(3)9-12/h7-8,12,23H,4-6,9H2,1-3H3,(H,18,19,21). The lowest BCUT2D eigenvalue weighted by Crippen LogP contribution is -2.40. The number of anilines is 1. The van der Waals surface area contributed by atoms with E-state index in [4.69, 9.17) is 0 Å². The zero-order chi connectivity index (χ0) is 16.4. The molecule has 23 heavy (non-hydrogen) atoms. The van der Waals surface area contributed by atoms with E-state index in [1.54, 1.807) is 12.3 Å². The Morgan fingerprint density at radius 3 is 2.78 bits per heavy atom. The van der Waals surface area contributed by atoms with Gasteiger partial charge in [-0.2, -0.15) is 0 Å². The molecule has 0 saturated carbocycles. The Morgan fingerprint density at radius 2 is 2.09 bits per heavy atom. The van der Waals surface area contributed by atoms with Gasteiger partial charge in [-0.1, -0.05) is 0 Å². The monoisotopic (exact) mass is 314 g/mol. The van der Waals surface area contributed by atoms with Crippen LogP contribution in [0.1, 0.15) is 24.1 Å². The smallest absolute Gasteiger partial charge is 0.243 e. The van der Waals surface area contributed by atoms with E-state index in [1.165, 1.54) is 6.42 Å². The summed E-state index contributed by atoms with van der Waals surface area (Å²) in [5, 5.41) is 21.8. The van der Waals surface area contributed by atoms with Gasteiger partial charge in [-0.3, -0.25) is 4.98 Å². The fourth-order valence-corrected chi connectivity index (χ4v) is 2.89. The Labute approximate surface area is 135 Å². The molecule has 0 bridgehead atoms. The van der Waals surface area contributed by atoms with Crippen molar-refractivity contribution >= 4 is 5.95 Å². The molecule has 0 aromatic carbocycles. The molecule has 2 N–H and O–H groups in total. The molecule has 0 amide bonds. The first-order valence-corrected chi connectivity index (χ1v) is 7.85. The van der Waals surface area contributed by atoms with Crippen LogP contribution in [0.5, 0.6) is 5.75 Å². The van der Waals surface area contributed by atoms with Crippen LogP contribution < -0.4 is 5.32 Å². The number of nitrogens with one attached hydrogen (secondary N) is 1. The highest BCUT2D eigenvalue weighted by Crippen LogP contribution is 2.27. The van der Waals surface area contributed by atoms with Crippen molar-refractivity contribution < 1.29 is 5.11 Å². The van der Waals surface area contributed by atoms with Crippen molar-refractivity contribution in [3.63, 3.8) is 0 Å². The number of likely N-dealkylation sites (tertiary alicyclic amines) is 1. The van der Waals surface area contributed by atoms with Crippen LogP contribution in [0.15, 0.2) is 12.3 Å². The van der Waals surface area contributed by atoms with Gasteiger partial charge in [0.1, 0.15) is 17.1 Å². The average Bonchev–Trinajstić information content (AvgIpc) is 2.48. The largest absolute Gasteiger partial charge is 0.506 e. The van der Waals surface area contributed by atoms with Gasteiger partial charge >= 0.3 is 0 Å². The number of hydrogen-bond donors (Lipinski definition) is 2. The third kappa shape index (κ3) is 3.56. The Kier molecular flexibility index (Phi) is 4.38. The number of piperidine rings is 1. The van der Waals surface area contributed by atoms with Crippen molar-refractivity contribution in [1.29, 1.82) is 0 Å². The summed E-state index contributed by atoms with van der Waals surface area (Å²) in [6.07, 6.45) is 3.97. The Bertz CT molecular complexity index is 705. The number of nitrogens with zero attached hydrogens (tertiary/aromatic N) is 5. The number of aromatic nitrogens is 4. The quantitative estimate of drug-likeness (QED) is 0.892. The van der Waals surface area contributed by atoms with Crippen molar-refractivity contribution in [2.75, 3.05) is 25.5 Å². The van der Waals surface area contributed by atoms with E-state index >= 15 is 0 Å². The predicted octanol–water partition coefficient (Wildman–Crippen LogP) is 1.76. The van der Waals surface area contributed by atoms with Crippen LogP contribution in [0.25, 0.3) is 11.4 Å². The second-order valence-electron chi connectivity index (χ2n) is 6.20. The van der Waals surface area contributed by atoms with E-state index < -0.39 is 0 Å². The van der Waals surface area contributed by atoms with E-state index in [0.29, 0.717) is 29.1 Å². The predicted molar refractivity (Wildman–Crippen MR) is 88.3 cm³/mol. The van der Waals surface area contributed by atoms with Crippen LogP contribution in [0, 0.1) is 13.8 Å². The van der Waals surface area contributed by atoms with E-state index in [2.05, 4.69) is 37.4 Å². The lowest BCUT2D eigenvalue weighted by Gasteiger charge is -2.30. The van der Waals surface area contributed by atoms with E-state index in [0.717, 1.165) is 25.1 Å². The Hall–Kier alpha value is -2.28. The molecule has 1 aliphatic rings. The zero-order valence-electron chi connectivity index (χ0n) is 13.7. The van der Waals surface area contributed by atoms with Crippen molar-refractivity contribution in [2.24, 2.45) is 0 Å². The van der Waals surface area contributed by atoms with Crippen LogP contribution in [-0.2, 0) is 0 Å². The van der Waals surface area contributed by atoms with Gasteiger partial charge in [0.2, 0.25) is 5.95 Å². The summed E-state index contributed by atoms with van der Waals surface area (Å²) in [7, 11) is 2.12. The van der Waals surface area contributed by atoms with E-state index in [9.17, 15) is 5.11 Å². The number of aromatic hydroxyl groups is 1. The van der Waals surface area contributed by atoms with Gasteiger partial charge in [0.05, 0.1) is 5.69 Å². The van der Waals surface area contributed by atoms with Crippen LogP contribution in [0.3, 0.4) is 0 Å². The summed E-state index contributed by atoms with van der Waals surface area (Å²) < 4.78 is 0. The SMILES string of the molecule is Cc1cnc(-c2nnc(NC3CCCN(C)C3)nc2C)c(O)c1. The highest BCUT2D eigenvalue weighted by molar-refractivity contribution is 5.64. The van der Waals surface area contributed by atoms with Gasteiger partial charge < -0.3 is 15.3 Å². The molecule has 0 spiro atoms. The Balaban J connectivity index is 1.80. The molecule has 1 unspecified atom stereocenters. The average molecular weight is 314 g/mol. The molecule has 1 aliphatic heterocycles. The van der Waals surface area contributed by atoms with Gasteiger partial charge in [-0.05, 0) is 51.9 Å². The topological polar surface area (TPSA) is 87.1 Å². The molecular formula is C16H22N6O. The summed E-state index contributed by atoms with van der Waals surface area (Å²) >= 11 is 0. The second kappa shape index (κ2) is 6.45. The summed E-state index contributed by atoms with van der Waals surface area (Å²) in [5.41, 5.74) is 2.51. The minimum Gasteiger partial charge on any atom is -0.506 e. The van der Waals surface area contributed by atoms with E-state index in [-0.39, 0.29) is 5.75 Å². The first-order chi connectivity index (χ1) is 11.0. The number of aryl methyl sites for hydroxylation is 2. The molecule has 3 heterocycles. The molecule has 0 aliphatic carbocycles. The third-order valence-corrected chi connectivity index (χ3v) is 4.05. The molecule has 0 radical (unpaired) electrons. The van der Waals surface area contributed by atoms with Crippen LogP contribution >= 0.6 is 0 Å². The molecule has 1 saturated heterocycles.